The fourth-order valence-corrected chi connectivity index (χ4v) is 0.999. The maximum absolute atomic E-state index is 9.80. The number of hydrogen-bond acceptors (Lipinski definition) is 2. The number of carbonyl (C=O) groups excluding carboxylic acids is 1. The summed E-state index contributed by atoms with van der Waals surface area (Å²) in [5.74, 6) is 0. The summed E-state index contributed by atoms with van der Waals surface area (Å²) in [5, 5.41) is 0.655. The zero-order valence-electron chi connectivity index (χ0n) is 6.29. The lowest BCUT2D eigenvalue weighted by atomic mass is 10.2. The number of hydroxylamine groups is 1. The van der Waals surface area contributed by atoms with Gasteiger partial charge in [0.25, 0.3) is 0 Å². The van der Waals surface area contributed by atoms with Crippen LogP contribution in [0.5, 0.6) is 0 Å². The van der Waals surface area contributed by atoms with Crippen molar-refractivity contribution in [3.05, 3.63) is 34.9 Å². The van der Waals surface area contributed by atoms with E-state index < -0.39 is 0 Å². The van der Waals surface area contributed by atoms with E-state index in [1.165, 1.54) is 0 Å². The van der Waals surface area contributed by atoms with Crippen molar-refractivity contribution in [2.75, 3.05) is 0 Å². The monoisotopic (exact) mass is 185 g/mol. The highest BCUT2D eigenvalue weighted by atomic mass is 35.5. The maximum Gasteiger partial charge on any atom is 0.230 e. The van der Waals surface area contributed by atoms with Crippen molar-refractivity contribution in [3.63, 3.8) is 0 Å². The van der Waals surface area contributed by atoms with E-state index in [0.29, 0.717) is 18.0 Å². The highest BCUT2D eigenvalue weighted by Gasteiger charge is 1.92. The minimum atomic E-state index is 0.319. The summed E-state index contributed by atoms with van der Waals surface area (Å²) in [6.07, 6.45) is 0.477. The Kier molecular flexibility index (Phi) is 3.57. The molecule has 0 spiro atoms. The zero-order valence-corrected chi connectivity index (χ0v) is 7.04. The average molecular weight is 186 g/mol. The van der Waals surface area contributed by atoms with Crippen LogP contribution in [0.3, 0.4) is 0 Å². The quantitative estimate of drug-likeness (QED) is 0.439. The largest absolute Gasteiger partial charge is 0.277 e. The van der Waals surface area contributed by atoms with Crippen LogP contribution >= 0.6 is 11.6 Å². The summed E-state index contributed by atoms with van der Waals surface area (Å²) in [7, 11) is 0. The Morgan fingerprint density at radius 3 is 3.08 bits per heavy atom. The molecule has 1 rings (SSSR count). The van der Waals surface area contributed by atoms with Crippen molar-refractivity contribution in [3.8, 4) is 0 Å². The third kappa shape index (κ3) is 2.90. The predicted octanol–water partition coefficient (Wildman–Crippen LogP) is 1.52. The van der Waals surface area contributed by atoms with Crippen molar-refractivity contribution in [2.24, 2.45) is 0 Å². The smallest absolute Gasteiger partial charge is 0.230 e. The first kappa shape index (κ1) is 9.03. The molecule has 3 nitrogen and oxygen atoms in total. The number of rotatable bonds is 4. The molecule has 1 amide bonds. The third-order valence-electron chi connectivity index (χ3n) is 1.26. The number of hydrogen-bond donors (Lipinski definition) is 1. The number of nitrogens with one attached hydrogen (secondary N) is 1. The summed E-state index contributed by atoms with van der Waals surface area (Å²) in [6.45, 7) is 0.319. The molecular formula is C8H8ClNO2. The first-order chi connectivity index (χ1) is 5.83. The van der Waals surface area contributed by atoms with Gasteiger partial charge in [-0.2, -0.15) is 0 Å². The minimum absolute atomic E-state index is 0.319. The number of carbonyl (C=O) groups is 1. The second-order valence-electron chi connectivity index (χ2n) is 2.15. The fraction of sp³-hybridized carbons (Fsp3) is 0.125. The molecule has 0 radical (unpaired) electrons. The van der Waals surface area contributed by atoms with Gasteiger partial charge in [0.05, 0.1) is 6.61 Å². The highest BCUT2D eigenvalue weighted by Crippen LogP contribution is 2.10. The van der Waals surface area contributed by atoms with Gasteiger partial charge in [0.2, 0.25) is 6.41 Å². The summed E-state index contributed by atoms with van der Waals surface area (Å²) in [5.41, 5.74) is 3.01. The van der Waals surface area contributed by atoms with Crippen molar-refractivity contribution in [2.45, 2.75) is 6.61 Å². The Bertz CT molecular complexity index is 265. The highest BCUT2D eigenvalue weighted by molar-refractivity contribution is 6.30. The van der Waals surface area contributed by atoms with Crippen molar-refractivity contribution in [1.29, 1.82) is 0 Å². The molecule has 0 unspecified atom stereocenters. The van der Waals surface area contributed by atoms with E-state index in [1.807, 2.05) is 12.1 Å². The molecule has 1 aromatic rings. The molecule has 0 aliphatic rings. The normalized spacial score (nSPS) is 9.42. The van der Waals surface area contributed by atoms with Gasteiger partial charge in [0.15, 0.2) is 0 Å². The second-order valence-corrected chi connectivity index (χ2v) is 2.59. The molecule has 64 valence electrons. The average Bonchev–Trinajstić information content (AvgIpc) is 2.05. The molecule has 0 heterocycles. The van der Waals surface area contributed by atoms with Gasteiger partial charge in [-0.05, 0) is 17.7 Å². The van der Waals surface area contributed by atoms with Crippen LogP contribution in [0.15, 0.2) is 24.3 Å². The van der Waals surface area contributed by atoms with Crippen LogP contribution in [0.1, 0.15) is 5.56 Å². The SMILES string of the molecule is O=CNOCc1cccc(Cl)c1. The predicted molar refractivity (Wildman–Crippen MR) is 45.4 cm³/mol. The van der Waals surface area contributed by atoms with E-state index in [-0.39, 0.29) is 0 Å². The van der Waals surface area contributed by atoms with E-state index in [9.17, 15) is 4.79 Å². The summed E-state index contributed by atoms with van der Waals surface area (Å²) in [4.78, 5) is 14.5. The van der Waals surface area contributed by atoms with Crippen LogP contribution in [0.25, 0.3) is 0 Å². The van der Waals surface area contributed by atoms with Crippen molar-refractivity contribution < 1.29 is 9.63 Å². The van der Waals surface area contributed by atoms with E-state index >= 15 is 0 Å². The standard InChI is InChI=1S/C8H8ClNO2/c9-8-3-1-2-7(4-8)5-12-10-6-11/h1-4,6H,5H2,(H,10,11). The van der Waals surface area contributed by atoms with Crippen LogP contribution < -0.4 is 5.48 Å². The number of benzene rings is 1. The molecule has 0 atom stereocenters. The molecule has 12 heavy (non-hydrogen) atoms. The molecule has 0 saturated carbocycles. The van der Waals surface area contributed by atoms with E-state index in [4.69, 9.17) is 16.4 Å². The summed E-state index contributed by atoms with van der Waals surface area (Å²) in [6, 6.07) is 7.23. The number of halogens is 1. The third-order valence-corrected chi connectivity index (χ3v) is 1.49. The van der Waals surface area contributed by atoms with Gasteiger partial charge in [-0.3, -0.25) is 9.63 Å². The second kappa shape index (κ2) is 4.74. The van der Waals surface area contributed by atoms with Crippen LogP contribution in [0.2, 0.25) is 5.02 Å². The minimum Gasteiger partial charge on any atom is -0.277 e. The lowest BCUT2D eigenvalue weighted by Gasteiger charge is -2.00. The Hall–Kier alpha value is -1.06. The zero-order chi connectivity index (χ0) is 8.81. The Morgan fingerprint density at radius 1 is 1.58 bits per heavy atom. The van der Waals surface area contributed by atoms with Gasteiger partial charge >= 0.3 is 0 Å². The van der Waals surface area contributed by atoms with Gasteiger partial charge in [0.1, 0.15) is 0 Å². The fourth-order valence-electron chi connectivity index (χ4n) is 0.786. The van der Waals surface area contributed by atoms with Crippen molar-refractivity contribution >= 4 is 18.0 Å². The van der Waals surface area contributed by atoms with Crippen LogP contribution in [-0.4, -0.2) is 6.41 Å². The Morgan fingerprint density at radius 2 is 2.42 bits per heavy atom. The molecule has 0 bridgehead atoms. The topological polar surface area (TPSA) is 38.3 Å². The molecule has 0 aliphatic heterocycles. The first-order valence-electron chi connectivity index (χ1n) is 3.38. The molecule has 0 aliphatic carbocycles. The maximum atomic E-state index is 9.80. The molecule has 0 saturated heterocycles. The van der Waals surface area contributed by atoms with Crippen LogP contribution in [0.4, 0.5) is 0 Å². The lowest BCUT2D eigenvalue weighted by Crippen LogP contribution is -2.10. The van der Waals surface area contributed by atoms with Crippen LogP contribution in [0, 0.1) is 0 Å². The summed E-state index contributed by atoms with van der Waals surface area (Å²) < 4.78 is 0. The van der Waals surface area contributed by atoms with E-state index in [2.05, 4.69) is 5.48 Å². The molecular weight excluding hydrogens is 178 g/mol. The molecule has 0 fully saturated rings. The Balaban J connectivity index is 2.46. The first-order valence-corrected chi connectivity index (χ1v) is 3.76. The lowest BCUT2D eigenvalue weighted by molar-refractivity contribution is -0.121. The Labute approximate surface area is 75.2 Å². The van der Waals surface area contributed by atoms with Gasteiger partial charge in [-0.15, -0.1) is 0 Å². The van der Waals surface area contributed by atoms with E-state index in [0.717, 1.165) is 5.56 Å². The van der Waals surface area contributed by atoms with Gasteiger partial charge in [-0.25, -0.2) is 5.48 Å². The molecule has 4 heteroatoms. The number of amides is 1. The van der Waals surface area contributed by atoms with Crippen molar-refractivity contribution in [1.82, 2.24) is 5.48 Å². The van der Waals surface area contributed by atoms with E-state index in [1.54, 1.807) is 12.1 Å². The molecule has 1 N–H and O–H groups in total. The molecule has 1 aromatic carbocycles. The van der Waals surface area contributed by atoms with Gasteiger partial charge in [-0.1, -0.05) is 23.7 Å². The van der Waals surface area contributed by atoms with Crippen LogP contribution in [-0.2, 0) is 16.2 Å². The van der Waals surface area contributed by atoms with Gasteiger partial charge in [0, 0.05) is 5.02 Å². The summed E-state index contributed by atoms with van der Waals surface area (Å²) >= 11 is 5.71. The van der Waals surface area contributed by atoms with Gasteiger partial charge < -0.3 is 0 Å². The molecule has 0 aromatic heterocycles.